The van der Waals surface area contributed by atoms with E-state index in [-0.39, 0.29) is 5.91 Å². The molecule has 3 nitrogen and oxygen atoms in total. The number of nitrogens with one attached hydrogen (secondary N) is 1. The summed E-state index contributed by atoms with van der Waals surface area (Å²) in [5, 5.41) is 7.08. The van der Waals surface area contributed by atoms with E-state index in [2.05, 4.69) is 16.3 Å². The first-order valence-electron chi connectivity index (χ1n) is 6.71. The summed E-state index contributed by atoms with van der Waals surface area (Å²) in [6.45, 7) is 3.45. The van der Waals surface area contributed by atoms with Crippen LogP contribution < -0.4 is 5.32 Å². The Kier molecular flexibility index (Phi) is 4.25. The van der Waals surface area contributed by atoms with Crippen molar-refractivity contribution in [2.45, 2.75) is 23.1 Å². The van der Waals surface area contributed by atoms with Crippen molar-refractivity contribution in [3.05, 3.63) is 29.0 Å². The van der Waals surface area contributed by atoms with Gasteiger partial charge >= 0.3 is 0 Å². The average Bonchev–Trinajstić information content (AvgIpc) is 2.93. The van der Waals surface area contributed by atoms with Crippen LogP contribution in [-0.4, -0.2) is 36.5 Å². The molecule has 2 bridgehead atoms. The molecule has 0 aliphatic carbocycles. The number of nitrogens with zero attached hydrogens (tertiary/aromatic N) is 1. The minimum Gasteiger partial charge on any atom is -0.348 e. The molecule has 3 saturated heterocycles. The number of carbonyl (C=O) groups is 1. The molecule has 102 valence electrons. The topological polar surface area (TPSA) is 32.3 Å². The molecule has 0 unspecified atom stereocenters. The maximum absolute atomic E-state index is 11.9. The number of thiophene rings is 1. The van der Waals surface area contributed by atoms with Crippen molar-refractivity contribution in [1.82, 2.24) is 10.2 Å². The van der Waals surface area contributed by atoms with Crippen LogP contribution in [0.15, 0.2) is 33.2 Å². The summed E-state index contributed by atoms with van der Waals surface area (Å²) < 4.78 is 1.21. The second kappa shape index (κ2) is 6.11. The third kappa shape index (κ3) is 3.41. The Balaban J connectivity index is 1.47. The van der Waals surface area contributed by atoms with Crippen molar-refractivity contribution >= 4 is 29.0 Å². The van der Waals surface area contributed by atoms with Gasteiger partial charge in [-0.25, -0.2) is 0 Å². The fourth-order valence-electron chi connectivity index (χ4n) is 2.85. The average molecular weight is 294 g/mol. The molecule has 1 aromatic rings. The van der Waals surface area contributed by atoms with Crippen molar-refractivity contribution in [2.75, 3.05) is 19.6 Å². The SMILES string of the molecule is O=C(/C=C\Sc1cccs1)N[C@H]1CN2CCC1CC2. The van der Waals surface area contributed by atoms with Crippen molar-refractivity contribution in [1.29, 1.82) is 0 Å². The van der Waals surface area contributed by atoms with Crippen LogP contribution in [0.4, 0.5) is 0 Å². The highest BCUT2D eigenvalue weighted by Gasteiger charge is 2.34. The molecule has 4 heterocycles. The third-order valence-corrected chi connectivity index (χ3v) is 5.76. The van der Waals surface area contributed by atoms with Gasteiger partial charge in [-0.15, -0.1) is 11.3 Å². The summed E-state index contributed by atoms with van der Waals surface area (Å²) in [5.41, 5.74) is 0. The van der Waals surface area contributed by atoms with Crippen LogP contribution in [0.2, 0.25) is 0 Å². The lowest BCUT2D eigenvalue weighted by atomic mass is 9.84. The van der Waals surface area contributed by atoms with Gasteiger partial charge in [0.25, 0.3) is 0 Å². The predicted molar refractivity (Wildman–Crippen MR) is 80.4 cm³/mol. The van der Waals surface area contributed by atoms with Gasteiger partial charge in [0.1, 0.15) is 0 Å². The van der Waals surface area contributed by atoms with Crippen molar-refractivity contribution in [2.24, 2.45) is 5.92 Å². The fraction of sp³-hybridized carbons (Fsp3) is 0.500. The highest BCUT2D eigenvalue weighted by atomic mass is 32.2. The first-order chi connectivity index (χ1) is 9.31. The maximum Gasteiger partial charge on any atom is 0.244 e. The van der Waals surface area contributed by atoms with Gasteiger partial charge in [-0.3, -0.25) is 4.79 Å². The normalized spacial score (nSPS) is 29.8. The van der Waals surface area contributed by atoms with Crippen LogP contribution in [0.1, 0.15) is 12.8 Å². The highest BCUT2D eigenvalue weighted by Crippen LogP contribution is 2.27. The summed E-state index contributed by atoms with van der Waals surface area (Å²) in [5.74, 6) is 0.732. The molecule has 3 aliphatic heterocycles. The maximum atomic E-state index is 11.9. The van der Waals surface area contributed by atoms with E-state index in [1.165, 1.54) is 30.1 Å². The van der Waals surface area contributed by atoms with E-state index in [0.717, 1.165) is 6.54 Å². The Labute approximate surface area is 122 Å². The van der Waals surface area contributed by atoms with E-state index < -0.39 is 0 Å². The summed E-state index contributed by atoms with van der Waals surface area (Å²) in [6, 6.07) is 4.44. The number of thioether (sulfide) groups is 1. The van der Waals surface area contributed by atoms with Gasteiger partial charge in [0, 0.05) is 18.7 Å². The molecular weight excluding hydrogens is 276 g/mol. The molecule has 3 fully saturated rings. The van der Waals surface area contributed by atoms with E-state index in [1.54, 1.807) is 29.2 Å². The molecular formula is C14H18N2OS2. The second-order valence-corrected chi connectivity index (χ2v) is 7.26. The van der Waals surface area contributed by atoms with Gasteiger partial charge in [0.2, 0.25) is 5.91 Å². The number of fused-ring (bicyclic) bond motifs is 3. The number of hydrogen-bond acceptors (Lipinski definition) is 4. The minimum atomic E-state index is 0.0443. The molecule has 0 radical (unpaired) electrons. The Morgan fingerprint density at radius 1 is 1.47 bits per heavy atom. The molecule has 1 N–H and O–H groups in total. The fourth-order valence-corrected chi connectivity index (χ4v) is 4.34. The summed E-state index contributed by atoms with van der Waals surface area (Å²) in [6.07, 6.45) is 4.12. The van der Waals surface area contributed by atoms with E-state index in [4.69, 9.17) is 0 Å². The lowest BCUT2D eigenvalue weighted by Gasteiger charge is -2.44. The van der Waals surface area contributed by atoms with Crippen LogP contribution >= 0.6 is 23.1 Å². The molecule has 19 heavy (non-hydrogen) atoms. The van der Waals surface area contributed by atoms with Crippen molar-refractivity contribution in [3.8, 4) is 0 Å². The summed E-state index contributed by atoms with van der Waals surface area (Å²) in [7, 11) is 0. The van der Waals surface area contributed by atoms with Crippen LogP contribution in [0.25, 0.3) is 0 Å². The van der Waals surface area contributed by atoms with Gasteiger partial charge in [-0.05, 0) is 48.7 Å². The van der Waals surface area contributed by atoms with Crippen LogP contribution in [-0.2, 0) is 4.79 Å². The molecule has 1 amide bonds. The van der Waals surface area contributed by atoms with Gasteiger partial charge in [0.15, 0.2) is 0 Å². The Morgan fingerprint density at radius 3 is 2.95 bits per heavy atom. The zero-order valence-corrected chi connectivity index (χ0v) is 12.4. The molecule has 0 aromatic carbocycles. The van der Waals surface area contributed by atoms with Crippen LogP contribution in [0.5, 0.6) is 0 Å². The Hall–Kier alpha value is -0.780. The van der Waals surface area contributed by atoms with E-state index >= 15 is 0 Å². The van der Waals surface area contributed by atoms with Gasteiger partial charge in [0.05, 0.1) is 4.21 Å². The van der Waals surface area contributed by atoms with Gasteiger partial charge in [-0.2, -0.15) is 0 Å². The minimum absolute atomic E-state index is 0.0443. The molecule has 1 atom stereocenters. The van der Waals surface area contributed by atoms with Crippen molar-refractivity contribution in [3.63, 3.8) is 0 Å². The van der Waals surface area contributed by atoms with E-state index in [9.17, 15) is 4.79 Å². The van der Waals surface area contributed by atoms with Crippen LogP contribution in [0.3, 0.4) is 0 Å². The van der Waals surface area contributed by atoms with Gasteiger partial charge in [-0.1, -0.05) is 17.8 Å². The first-order valence-corrected chi connectivity index (χ1v) is 8.47. The molecule has 0 saturated carbocycles. The largest absolute Gasteiger partial charge is 0.348 e. The first kappa shape index (κ1) is 13.2. The van der Waals surface area contributed by atoms with E-state index in [0.29, 0.717) is 12.0 Å². The number of hydrogen-bond donors (Lipinski definition) is 1. The smallest absolute Gasteiger partial charge is 0.244 e. The Morgan fingerprint density at radius 2 is 2.32 bits per heavy atom. The number of piperidine rings is 3. The zero-order chi connectivity index (χ0) is 13.1. The van der Waals surface area contributed by atoms with E-state index in [1.807, 2.05) is 16.9 Å². The zero-order valence-electron chi connectivity index (χ0n) is 10.7. The quantitative estimate of drug-likeness (QED) is 0.684. The highest BCUT2D eigenvalue weighted by molar-refractivity contribution is 8.03. The Bertz CT molecular complexity index is 450. The van der Waals surface area contributed by atoms with Crippen LogP contribution in [0, 0.1) is 5.92 Å². The molecule has 3 aliphatic rings. The van der Waals surface area contributed by atoms with Gasteiger partial charge < -0.3 is 10.2 Å². The third-order valence-electron chi connectivity index (χ3n) is 3.88. The standard InChI is InChI=1S/C14H18N2OS2/c17-13(5-9-19-14-2-1-8-18-14)15-12-10-16-6-3-11(12)4-7-16/h1-2,5,8-9,11-12H,3-4,6-7,10H2,(H,15,17)/b9-5-/t12-/m0/s1. The number of rotatable bonds is 4. The predicted octanol–water partition coefficient (Wildman–Crippen LogP) is 2.56. The second-order valence-electron chi connectivity index (χ2n) is 5.11. The van der Waals surface area contributed by atoms with Crippen molar-refractivity contribution < 1.29 is 4.79 Å². The number of amides is 1. The molecule has 1 aromatic heterocycles. The summed E-state index contributed by atoms with van der Waals surface area (Å²) in [4.78, 5) is 14.3. The lowest BCUT2D eigenvalue weighted by Crippen LogP contribution is -2.57. The monoisotopic (exact) mass is 294 g/mol. The lowest BCUT2D eigenvalue weighted by molar-refractivity contribution is -0.118. The molecule has 0 spiro atoms. The molecule has 4 rings (SSSR count). The molecule has 5 heteroatoms. The summed E-state index contributed by atoms with van der Waals surface area (Å²) >= 11 is 3.29. The number of carbonyl (C=O) groups excluding carboxylic acids is 1.